The number of carbonyl (C=O) groups is 2. The zero-order chi connectivity index (χ0) is 27.5. The molecule has 2 atom stereocenters. The van der Waals surface area contributed by atoms with Gasteiger partial charge in [0.15, 0.2) is 17.2 Å². The summed E-state index contributed by atoms with van der Waals surface area (Å²) in [6.07, 6.45) is 7.56. The van der Waals surface area contributed by atoms with Gasteiger partial charge in [-0.05, 0) is 31.7 Å². The molecule has 0 saturated heterocycles. The molecule has 2 aliphatic carbocycles. The first kappa shape index (κ1) is 26.1. The Morgan fingerprint density at radius 1 is 1.10 bits per heavy atom. The molecule has 12 heteroatoms. The number of aromatic nitrogens is 4. The van der Waals surface area contributed by atoms with Crippen molar-refractivity contribution in [2.75, 3.05) is 24.9 Å². The molecule has 39 heavy (non-hydrogen) atoms. The van der Waals surface area contributed by atoms with Crippen LogP contribution in [0.5, 0.6) is 5.75 Å². The molecule has 2 amide bonds. The van der Waals surface area contributed by atoms with Crippen LogP contribution in [0.4, 0.5) is 17.2 Å². The first-order valence-corrected chi connectivity index (χ1v) is 12.9. The molecule has 2 saturated carbocycles. The fourth-order valence-electron chi connectivity index (χ4n) is 5.01. The van der Waals surface area contributed by atoms with Gasteiger partial charge in [0.05, 0.1) is 30.6 Å². The lowest BCUT2D eigenvalue weighted by Crippen LogP contribution is -2.29. The van der Waals surface area contributed by atoms with E-state index in [1.165, 1.54) is 13.2 Å². The second kappa shape index (κ2) is 11.1. The van der Waals surface area contributed by atoms with Gasteiger partial charge in [-0.3, -0.25) is 14.3 Å². The summed E-state index contributed by atoms with van der Waals surface area (Å²) >= 11 is 0. The number of nitriles is 1. The van der Waals surface area contributed by atoms with E-state index in [-0.39, 0.29) is 46.9 Å². The number of benzene rings is 1. The lowest BCUT2D eigenvalue weighted by molar-refractivity contribution is -0.117. The topological polar surface area (TPSA) is 170 Å². The number of ether oxygens (including phenoxy) is 2. The van der Waals surface area contributed by atoms with Gasteiger partial charge in [0.1, 0.15) is 11.8 Å². The molecular weight excluding hydrogens is 500 g/mol. The highest BCUT2D eigenvalue weighted by atomic mass is 16.5. The summed E-state index contributed by atoms with van der Waals surface area (Å²) in [7, 11) is 3.22. The molecule has 2 fully saturated rings. The number of methoxy groups -OCH3 is 2. The lowest BCUT2D eigenvalue weighted by atomic mass is 9.92. The quantitative estimate of drug-likeness (QED) is 0.374. The van der Waals surface area contributed by atoms with E-state index in [4.69, 9.17) is 15.2 Å². The molecule has 0 radical (unpaired) electrons. The Balaban J connectivity index is 1.51. The Labute approximate surface area is 225 Å². The Morgan fingerprint density at radius 2 is 1.90 bits per heavy atom. The van der Waals surface area contributed by atoms with Crippen LogP contribution in [0.1, 0.15) is 60.7 Å². The highest BCUT2D eigenvalue weighted by Crippen LogP contribution is 2.41. The number of para-hydroxylation sites is 1. The van der Waals surface area contributed by atoms with Crippen molar-refractivity contribution in [2.24, 2.45) is 11.7 Å². The minimum absolute atomic E-state index is 0.0222. The van der Waals surface area contributed by atoms with Gasteiger partial charge in [-0.15, -0.1) is 10.2 Å². The summed E-state index contributed by atoms with van der Waals surface area (Å²) in [5.74, 6) is -0.331. The number of rotatable bonds is 9. The molecule has 2 heterocycles. The van der Waals surface area contributed by atoms with Gasteiger partial charge in [0.25, 0.3) is 5.91 Å². The van der Waals surface area contributed by atoms with Crippen LogP contribution in [-0.2, 0) is 9.53 Å². The summed E-state index contributed by atoms with van der Waals surface area (Å²) in [6.45, 7) is 0. The zero-order valence-corrected chi connectivity index (χ0v) is 21.8. The molecule has 2 aliphatic rings. The standard InChI is InChI=1S/C27H30N8O4/c1-38-22-9-4-3-8-21(22)35-14-17(20(13-28)34-35)16-6-5-7-18(25(16)39-2)30-19-12-23(31-27(37)15-10-11-15)32-33-24(19)26(29)36/h5-7,12,14-15,21-22H,3-4,8-11H2,1-2H3,(H2,29,36)(H2,30,31,32,37)/t21-,22+/m1/s1. The molecule has 2 aromatic heterocycles. The van der Waals surface area contributed by atoms with Crippen LogP contribution in [0.25, 0.3) is 11.1 Å². The Morgan fingerprint density at radius 3 is 2.59 bits per heavy atom. The van der Waals surface area contributed by atoms with Crippen LogP contribution in [0.15, 0.2) is 30.5 Å². The Bertz CT molecular complexity index is 1440. The number of nitrogens with zero attached hydrogens (tertiary/aromatic N) is 5. The van der Waals surface area contributed by atoms with Gasteiger partial charge >= 0.3 is 0 Å². The van der Waals surface area contributed by atoms with Crippen molar-refractivity contribution < 1.29 is 19.1 Å². The highest BCUT2D eigenvalue weighted by molar-refractivity contribution is 5.99. The van der Waals surface area contributed by atoms with Crippen LogP contribution in [-0.4, -0.2) is 52.1 Å². The monoisotopic (exact) mass is 530 g/mol. The fraction of sp³-hybridized carbons (Fsp3) is 0.407. The third kappa shape index (κ3) is 5.39. The third-order valence-electron chi connectivity index (χ3n) is 7.15. The molecular formula is C27H30N8O4. The third-order valence-corrected chi connectivity index (χ3v) is 7.15. The maximum Gasteiger partial charge on any atom is 0.271 e. The average Bonchev–Trinajstić information content (AvgIpc) is 3.72. The van der Waals surface area contributed by atoms with E-state index in [0.29, 0.717) is 22.6 Å². The van der Waals surface area contributed by atoms with E-state index in [1.807, 2.05) is 16.9 Å². The molecule has 202 valence electrons. The van der Waals surface area contributed by atoms with Gasteiger partial charge in [-0.2, -0.15) is 10.4 Å². The summed E-state index contributed by atoms with van der Waals surface area (Å²) in [6, 6.07) is 9.13. The number of amides is 2. The first-order chi connectivity index (χ1) is 18.9. The lowest BCUT2D eigenvalue weighted by Gasteiger charge is -2.30. The summed E-state index contributed by atoms with van der Waals surface area (Å²) in [4.78, 5) is 24.3. The number of hydrogen-bond acceptors (Lipinski definition) is 9. The highest BCUT2D eigenvalue weighted by Gasteiger charge is 2.31. The zero-order valence-electron chi connectivity index (χ0n) is 21.8. The van der Waals surface area contributed by atoms with E-state index >= 15 is 0 Å². The van der Waals surface area contributed by atoms with E-state index < -0.39 is 5.91 Å². The maximum atomic E-state index is 12.2. The van der Waals surface area contributed by atoms with E-state index in [0.717, 1.165) is 38.5 Å². The van der Waals surface area contributed by atoms with Crippen molar-refractivity contribution in [3.05, 3.63) is 41.9 Å². The van der Waals surface area contributed by atoms with Gasteiger partial charge < -0.3 is 25.8 Å². The average molecular weight is 531 g/mol. The molecule has 12 nitrogen and oxygen atoms in total. The summed E-state index contributed by atoms with van der Waals surface area (Å²) in [5.41, 5.74) is 7.71. The fourth-order valence-corrected chi connectivity index (χ4v) is 5.01. The number of hydrogen-bond donors (Lipinski definition) is 3. The van der Waals surface area contributed by atoms with Crippen LogP contribution >= 0.6 is 0 Å². The number of nitrogens with one attached hydrogen (secondary N) is 2. The molecule has 0 aliphatic heterocycles. The SMILES string of the molecule is COc1c(Nc2cc(NC(=O)C3CC3)nnc2C(N)=O)cccc1-c1cn([C@@H]2CCCC[C@@H]2OC)nc1C#N. The van der Waals surface area contributed by atoms with Crippen molar-refractivity contribution >= 4 is 29.0 Å². The minimum atomic E-state index is -0.784. The van der Waals surface area contributed by atoms with Gasteiger partial charge in [0, 0.05) is 36.4 Å². The van der Waals surface area contributed by atoms with Crippen molar-refractivity contribution in [3.63, 3.8) is 0 Å². The Hall–Kier alpha value is -4.50. The minimum Gasteiger partial charge on any atom is -0.494 e. The van der Waals surface area contributed by atoms with Crippen molar-refractivity contribution in [3.8, 4) is 22.9 Å². The number of nitrogens with two attached hydrogens (primary N) is 1. The molecule has 1 aromatic carbocycles. The number of carbonyl (C=O) groups excluding carboxylic acids is 2. The second-order valence-electron chi connectivity index (χ2n) is 9.74. The van der Waals surface area contributed by atoms with Gasteiger partial charge in [0.2, 0.25) is 5.91 Å². The summed E-state index contributed by atoms with van der Waals surface area (Å²) in [5, 5.41) is 28.2. The van der Waals surface area contributed by atoms with E-state index in [2.05, 4.69) is 32.0 Å². The molecule has 0 spiro atoms. The largest absolute Gasteiger partial charge is 0.494 e. The molecule has 3 aromatic rings. The Kier molecular flexibility index (Phi) is 7.42. The van der Waals surface area contributed by atoms with Crippen LogP contribution in [0, 0.1) is 17.2 Å². The van der Waals surface area contributed by atoms with E-state index in [1.54, 1.807) is 19.2 Å². The number of primary amides is 1. The van der Waals surface area contributed by atoms with Gasteiger partial charge in [-0.25, -0.2) is 0 Å². The van der Waals surface area contributed by atoms with Crippen molar-refractivity contribution in [1.29, 1.82) is 5.26 Å². The van der Waals surface area contributed by atoms with Crippen molar-refractivity contribution in [2.45, 2.75) is 50.7 Å². The second-order valence-corrected chi connectivity index (χ2v) is 9.74. The summed E-state index contributed by atoms with van der Waals surface area (Å²) < 4.78 is 13.3. The van der Waals surface area contributed by atoms with E-state index in [9.17, 15) is 14.9 Å². The van der Waals surface area contributed by atoms with Gasteiger partial charge in [-0.1, -0.05) is 25.0 Å². The molecule has 0 bridgehead atoms. The maximum absolute atomic E-state index is 12.2. The number of anilines is 3. The first-order valence-electron chi connectivity index (χ1n) is 12.9. The van der Waals surface area contributed by atoms with Crippen LogP contribution in [0.3, 0.4) is 0 Å². The van der Waals surface area contributed by atoms with Crippen LogP contribution < -0.4 is 21.1 Å². The smallest absolute Gasteiger partial charge is 0.271 e. The predicted molar refractivity (Wildman–Crippen MR) is 142 cm³/mol. The predicted octanol–water partition coefficient (Wildman–Crippen LogP) is 3.54. The normalized spacial score (nSPS) is 18.7. The van der Waals surface area contributed by atoms with Crippen LogP contribution in [0.2, 0.25) is 0 Å². The van der Waals surface area contributed by atoms with Crippen molar-refractivity contribution in [1.82, 2.24) is 20.0 Å². The molecule has 5 rings (SSSR count). The molecule has 0 unspecified atom stereocenters. The molecule has 4 N–H and O–H groups in total.